The molecule has 27 heavy (non-hydrogen) atoms. The van der Waals surface area contributed by atoms with Crippen LogP contribution >= 0.6 is 11.8 Å². The number of thioether (sulfide) groups is 1. The molecule has 2 aromatic carbocycles. The van der Waals surface area contributed by atoms with Gasteiger partial charge in [0.25, 0.3) is 0 Å². The van der Waals surface area contributed by atoms with Gasteiger partial charge in [-0.3, -0.25) is 9.59 Å². The molecule has 0 spiro atoms. The van der Waals surface area contributed by atoms with E-state index >= 15 is 0 Å². The topological polar surface area (TPSA) is 90.9 Å². The number of carbonyl (C=O) groups is 3. The van der Waals surface area contributed by atoms with Crippen LogP contribution in [0.5, 0.6) is 11.5 Å². The summed E-state index contributed by atoms with van der Waals surface area (Å²) in [7, 11) is 0. The van der Waals surface area contributed by atoms with E-state index in [0.29, 0.717) is 41.7 Å². The van der Waals surface area contributed by atoms with Gasteiger partial charge in [0.05, 0.1) is 17.0 Å². The maximum absolute atomic E-state index is 12.3. The highest BCUT2D eigenvalue weighted by Gasteiger charge is 2.19. The van der Waals surface area contributed by atoms with E-state index in [2.05, 4.69) is 5.32 Å². The molecule has 2 heterocycles. The van der Waals surface area contributed by atoms with Crippen LogP contribution in [0.4, 0.5) is 5.69 Å². The van der Waals surface area contributed by atoms with Gasteiger partial charge in [0.15, 0.2) is 23.9 Å². The summed E-state index contributed by atoms with van der Waals surface area (Å²) in [6.45, 7) is 0.501. The summed E-state index contributed by atoms with van der Waals surface area (Å²) in [6, 6.07) is 9.76. The molecule has 8 heteroatoms. The predicted octanol–water partition coefficient (Wildman–Crippen LogP) is 2.54. The molecule has 4 rings (SSSR count). The van der Waals surface area contributed by atoms with E-state index in [1.807, 2.05) is 0 Å². The van der Waals surface area contributed by atoms with Gasteiger partial charge in [-0.05, 0) is 36.4 Å². The van der Waals surface area contributed by atoms with Crippen LogP contribution in [0.1, 0.15) is 20.7 Å². The molecule has 0 aromatic heterocycles. The molecular formula is C19H15NO6S. The van der Waals surface area contributed by atoms with Gasteiger partial charge in [-0.2, -0.15) is 0 Å². The maximum atomic E-state index is 12.3. The van der Waals surface area contributed by atoms with E-state index in [9.17, 15) is 14.4 Å². The number of nitrogens with one attached hydrogen (secondary N) is 1. The molecule has 138 valence electrons. The number of ether oxygens (including phenoxy) is 3. The second-order valence-corrected chi connectivity index (χ2v) is 6.92. The van der Waals surface area contributed by atoms with Crippen LogP contribution in [0, 0.1) is 0 Å². The number of fused-ring (bicyclic) bond motifs is 2. The zero-order chi connectivity index (χ0) is 18.8. The van der Waals surface area contributed by atoms with E-state index < -0.39 is 12.6 Å². The number of amides is 1. The van der Waals surface area contributed by atoms with Crippen LogP contribution in [0.25, 0.3) is 0 Å². The Kier molecular flexibility index (Phi) is 4.72. The number of benzene rings is 2. The quantitative estimate of drug-likeness (QED) is 0.639. The summed E-state index contributed by atoms with van der Waals surface area (Å²) < 4.78 is 16.0. The van der Waals surface area contributed by atoms with Gasteiger partial charge in [0, 0.05) is 10.5 Å². The third kappa shape index (κ3) is 3.75. The Bertz CT molecular complexity index is 942. The molecule has 0 aliphatic carbocycles. The first-order valence-corrected chi connectivity index (χ1v) is 9.25. The molecule has 1 N–H and O–H groups in total. The Hall–Kier alpha value is -3.00. The first-order chi connectivity index (χ1) is 13.1. The van der Waals surface area contributed by atoms with Crippen LogP contribution in [-0.2, 0) is 9.53 Å². The second kappa shape index (κ2) is 7.32. The lowest BCUT2D eigenvalue weighted by atomic mass is 10.1. The summed E-state index contributed by atoms with van der Waals surface area (Å²) in [6.07, 6.45) is 0. The van der Waals surface area contributed by atoms with Gasteiger partial charge in [-0.1, -0.05) is 0 Å². The summed E-state index contributed by atoms with van der Waals surface area (Å²) in [5.41, 5.74) is 1.22. The number of rotatable bonds is 4. The Labute approximate surface area is 159 Å². The number of hydrogen-bond acceptors (Lipinski definition) is 7. The lowest BCUT2D eigenvalue weighted by Gasteiger charge is -2.18. The average Bonchev–Trinajstić information content (AvgIpc) is 2.70. The molecule has 2 aromatic rings. The highest BCUT2D eigenvalue weighted by atomic mass is 32.2. The van der Waals surface area contributed by atoms with E-state index in [-0.39, 0.29) is 17.3 Å². The molecule has 0 unspecified atom stereocenters. The highest BCUT2D eigenvalue weighted by Crippen LogP contribution is 2.32. The Morgan fingerprint density at radius 2 is 1.81 bits per heavy atom. The van der Waals surface area contributed by atoms with E-state index in [1.165, 1.54) is 11.8 Å². The Morgan fingerprint density at radius 3 is 2.67 bits per heavy atom. The van der Waals surface area contributed by atoms with Crippen molar-refractivity contribution in [2.45, 2.75) is 4.90 Å². The Balaban J connectivity index is 1.41. The molecule has 1 amide bonds. The van der Waals surface area contributed by atoms with Crippen molar-refractivity contribution < 1.29 is 28.6 Å². The normalized spacial score (nSPS) is 14.7. The van der Waals surface area contributed by atoms with Crippen molar-refractivity contribution in [1.82, 2.24) is 0 Å². The number of anilines is 1. The van der Waals surface area contributed by atoms with Crippen LogP contribution in [0.15, 0.2) is 41.3 Å². The molecule has 0 atom stereocenters. The standard InChI is InChI=1S/C19H15NO6S/c21-14(11-1-3-15-16(8-11)25-6-5-24-15)9-26-19(23)12-2-4-17-13(7-12)20-18(22)10-27-17/h1-4,7-8H,5-6,9-10H2,(H,20,22). The van der Waals surface area contributed by atoms with Crippen molar-refractivity contribution in [1.29, 1.82) is 0 Å². The molecule has 0 saturated heterocycles. The van der Waals surface area contributed by atoms with Gasteiger partial charge in [-0.25, -0.2) is 4.79 Å². The zero-order valence-electron chi connectivity index (χ0n) is 14.2. The average molecular weight is 385 g/mol. The minimum Gasteiger partial charge on any atom is -0.486 e. The van der Waals surface area contributed by atoms with E-state index in [0.717, 1.165) is 4.90 Å². The molecule has 0 bridgehead atoms. The fourth-order valence-electron chi connectivity index (χ4n) is 2.72. The lowest BCUT2D eigenvalue weighted by molar-refractivity contribution is -0.113. The van der Waals surface area contributed by atoms with Crippen LogP contribution in [0.3, 0.4) is 0 Å². The van der Waals surface area contributed by atoms with E-state index in [1.54, 1.807) is 36.4 Å². The minimum atomic E-state index is -0.631. The number of esters is 1. The summed E-state index contributed by atoms with van der Waals surface area (Å²) in [5, 5.41) is 2.71. The van der Waals surface area contributed by atoms with Crippen molar-refractivity contribution in [3.63, 3.8) is 0 Å². The minimum absolute atomic E-state index is 0.119. The van der Waals surface area contributed by atoms with Crippen LogP contribution in [0.2, 0.25) is 0 Å². The van der Waals surface area contributed by atoms with Gasteiger partial charge < -0.3 is 19.5 Å². The third-order valence-corrected chi connectivity index (χ3v) is 5.12. The molecule has 7 nitrogen and oxygen atoms in total. The summed E-state index contributed by atoms with van der Waals surface area (Å²) >= 11 is 1.40. The highest BCUT2D eigenvalue weighted by molar-refractivity contribution is 8.00. The Morgan fingerprint density at radius 1 is 1.04 bits per heavy atom. The molecule has 2 aliphatic heterocycles. The van der Waals surface area contributed by atoms with Crippen molar-refractivity contribution in [3.8, 4) is 11.5 Å². The summed E-state index contributed by atoms with van der Waals surface area (Å²) in [4.78, 5) is 36.9. The van der Waals surface area contributed by atoms with Gasteiger partial charge in [0.1, 0.15) is 13.2 Å². The smallest absolute Gasteiger partial charge is 0.338 e. The molecule has 2 aliphatic rings. The van der Waals surface area contributed by atoms with E-state index in [4.69, 9.17) is 14.2 Å². The number of carbonyl (C=O) groups excluding carboxylic acids is 3. The molecular weight excluding hydrogens is 370 g/mol. The predicted molar refractivity (Wildman–Crippen MR) is 97.8 cm³/mol. The van der Waals surface area contributed by atoms with Gasteiger partial charge in [-0.15, -0.1) is 11.8 Å². The van der Waals surface area contributed by atoms with Crippen molar-refractivity contribution in [2.24, 2.45) is 0 Å². The van der Waals surface area contributed by atoms with Crippen LogP contribution in [-0.4, -0.2) is 43.2 Å². The number of ketones is 1. The first-order valence-electron chi connectivity index (χ1n) is 8.27. The van der Waals surface area contributed by atoms with Crippen molar-refractivity contribution in [3.05, 3.63) is 47.5 Å². The zero-order valence-corrected chi connectivity index (χ0v) is 15.0. The molecule has 0 radical (unpaired) electrons. The molecule has 0 fully saturated rings. The fraction of sp³-hybridized carbons (Fsp3) is 0.211. The largest absolute Gasteiger partial charge is 0.486 e. The lowest BCUT2D eigenvalue weighted by Crippen LogP contribution is -2.20. The maximum Gasteiger partial charge on any atom is 0.338 e. The van der Waals surface area contributed by atoms with Crippen molar-refractivity contribution in [2.75, 3.05) is 30.9 Å². The number of Topliss-reactive ketones (excluding diaryl/α,β-unsaturated/α-hetero) is 1. The van der Waals surface area contributed by atoms with Crippen LogP contribution < -0.4 is 14.8 Å². The first kappa shape index (κ1) is 17.4. The summed E-state index contributed by atoms with van der Waals surface area (Å²) in [5.74, 6) is 0.341. The second-order valence-electron chi connectivity index (χ2n) is 5.91. The van der Waals surface area contributed by atoms with Crippen molar-refractivity contribution >= 4 is 35.1 Å². The molecule has 0 saturated carbocycles. The third-order valence-electron chi connectivity index (χ3n) is 4.05. The fourth-order valence-corrected chi connectivity index (χ4v) is 3.51. The number of hydrogen-bond donors (Lipinski definition) is 1. The van der Waals surface area contributed by atoms with Gasteiger partial charge >= 0.3 is 5.97 Å². The van der Waals surface area contributed by atoms with Gasteiger partial charge in [0.2, 0.25) is 5.91 Å². The monoisotopic (exact) mass is 385 g/mol. The SMILES string of the molecule is O=C1CSc2ccc(C(=O)OCC(=O)c3ccc4c(c3)OCCO4)cc2N1.